The summed E-state index contributed by atoms with van der Waals surface area (Å²) in [6.45, 7) is 7.96. The van der Waals surface area contributed by atoms with Crippen LogP contribution in [0.4, 0.5) is 5.82 Å². The van der Waals surface area contributed by atoms with Gasteiger partial charge in [-0.25, -0.2) is 4.98 Å². The maximum atomic E-state index is 4.55. The molecule has 0 saturated carbocycles. The van der Waals surface area contributed by atoms with Gasteiger partial charge in [0, 0.05) is 24.3 Å². The fourth-order valence-electron chi connectivity index (χ4n) is 2.95. The summed E-state index contributed by atoms with van der Waals surface area (Å²) in [7, 11) is 0. The van der Waals surface area contributed by atoms with E-state index in [0.29, 0.717) is 6.04 Å². The maximum Gasteiger partial charge on any atom is 0.130 e. The lowest BCUT2D eigenvalue weighted by Crippen LogP contribution is -2.25. The monoisotopic (exact) mass is 261 g/mol. The summed E-state index contributed by atoms with van der Waals surface area (Å²) < 4.78 is 0. The van der Waals surface area contributed by atoms with Crippen LogP contribution in [0.3, 0.4) is 0 Å². The summed E-state index contributed by atoms with van der Waals surface area (Å²) in [6, 6.07) is 4.89. The highest BCUT2D eigenvalue weighted by atomic mass is 15.2. The minimum atomic E-state index is 0.567. The predicted octanol–water partition coefficient (Wildman–Crippen LogP) is 3.84. The lowest BCUT2D eigenvalue weighted by atomic mass is 10.1. The zero-order chi connectivity index (χ0) is 13.5. The molecule has 0 radical (unpaired) electrons. The van der Waals surface area contributed by atoms with Crippen LogP contribution in [0.1, 0.15) is 57.6 Å². The van der Waals surface area contributed by atoms with Gasteiger partial charge in [0.15, 0.2) is 0 Å². The first-order valence-electron chi connectivity index (χ1n) is 7.79. The summed E-state index contributed by atoms with van der Waals surface area (Å²) in [4.78, 5) is 7.16. The van der Waals surface area contributed by atoms with Gasteiger partial charge in [-0.05, 0) is 44.8 Å². The van der Waals surface area contributed by atoms with E-state index >= 15 is 0 Å². The van der Waals surface area contributed by atoms with Crippen molar-refractivity contribution < 1.29 is 0 Å². The molecule has 2 heterocycles. The van der Waals surface area contributed by atoms with Crippen molar-refractivity contribution in [1.82, 2.24) is 9.88 Å². The number of hydrogen-bond acceptors (Lipinski definition) is 3. The molecule has 1 aliphatic rings. The lowest BCUT2D eigenvalue weighted by Gasteiger charge is -2.25. The second-order valence-corrected chi connectivity index (χ2v) is 5.42. The van der Waals surface area contributed by atoms with Gasteiger partial charge in [-0.2, -0.15) is 0 Å². The van der Waals surface area contributed by atoms with Crippen molar-refractivity contribution in [1.29, 1.82) is 0 Å². The first-order valence-corrected chi connectivity index (χ1v) is 7.79. The van der Waals surface area contributed by atoms with Gasteiger partial charge in [-0.3, -0.25) is 4.90 Å². The van der Waals surface area contributed by atoms with E-state index in [9.17, 15) is 0 Å². The van der Waals surface area contributed by atoms with Gasteiger partial charge in [-0.1, -0.05) is 26.3 Å². The van der Waals surface area contributed by atoms with Crippen LogP contribution in [-0.4, -0.2) is 29.5 Å². The van der Waals surface area contributed by atoms with Crippen molar-refractivity contribution in [2.24, 2.45) is 0 Å². The summed E-state index contributed by atoms with van der Waals surface area (Å²) in [5.74, 6) is 1.10. The van der Waals surface area contributed by atoms with E-state index in [1.54, 1.807) is 0 Å². The molecule has 0 aromatic carbocycles. The van der Waals surface area contributed by atoms with Crippen LogP contribution in [0.25, 0.3) is 0 Å². The molecule has 1 aromatic rings. The van der Waals surface area contributed by atoms with Crippen LogP contribution in [0, 0.1) is 0 Å². The molecule has 1 fully saturated rings. The van der Waals surface area contributed by atoms with Gasteiger partial charge in [0.2, 0.25) is 0 Å². The number of rotatable bonds is 7. The van der Waals surface area contributed by atoms with Gasteiger partial charge in [0.25, 0.3) is 0 Å². The molecule has 3 heteroatoms. The molecule has 1 atom stereocenters. The molecule has 0 aliphatic carbocycles. The first-order chi connectivity index (χ1) is 9.36. The Morgan fingerprint density at radius 2 is 2.26 bits per heavy atom. The zero-order valence-corrected chi connectivity index (χ0v) is 12.4. The SMILES string of the molecule is CCCCNc1ncccc1[C@@H]1CCCN1CCC. The molecule has 0 spiro atoms. The van der Waals surface area contributed by atoms with Crippen molar-refractivity contribution in [3.63, 3.8) is 0 Å². The molecule has 106 valence electrons. The van der Waals surface area contributed by atoms with Crippen molar-refractivity contribution in [2.75, 3.05) is 25.0 Å². The average molecular weight is 261 g/mol. The molecule has 1 aliphatic heterocycles. The van der Waals surface area contributed by atoms with Gasteiger partial charge in [0.1, 0.15) is 5.82 Å². The van der Waals surface area contributed by atoms with Gasteiger partial charge < -0.3 is 5.32 Å². The molecule has 1 N–H and O–H groups in total. The molecule has 0 amide bonds. The van der Waals surface area contributed by atoms with Crippen LogP contribution in [0.15, 0.2) is 18.3 Å². The van der Waals surface area contributed by atoms with E-state index < -0.39 is 0 Å². The highest BCUT2D eigenvalue weighted by Crippen LogP contribution is 2.34. The number of anilines is 1. The highest BCUT2D eigenvalue weighted by molar-refractivity contribution is 5.46. The fourth-order valence-corrected chi connectivity index (χ4v) is 2.95. The van der Waals surface area contributed by atoms with E-state index in [1.165, 1.54) is 50.8 Å². The van der Waals surface area contributed by atoms with E-state index in [0.717, 1.165) is 12.4 Å². The Balaban J connectivity index is 2.09. The number of likely N-dealkylation sites (tertiary alicyclic amines) is 1. The largest absolute Gasteiger partial charge is 0.370 e. The molecule has 2 rings (SSSR count). The number of aromatic nitrogens is 1. The minimum Gasteiger partial charge on any atom is -0.370 e. The lowest BCUT2D eigenvalue weighted by molar-refractivity contribution is 0.258. The molecule has 0 bridgehead atoms. The third-order valence-electron chi connectivity index (χ3n) is 3.90. The number of nitrogens with one attached hydrogen (secondary N) is 1. The topological polar surface area (TPSA) is 28.2 Å². The Hall–Kier alpha value is -1.09. The molecule has 0 unspecified atom stereocenters. The quantitative estimate of drug-likeness (QED) is 0.756. The Morgan fingerprint density at radius 1 is 1.37 bits per heavy atom. The molecule has 3 nitrogen and oxygen atoms in total. The molecular formula is C16H27N3. The summed E-state index contributed by atoms with van der Waals surface area (Å²) in [5, 5.41) is 3.52. The van der Waals surface area contributed by atoms with E-state index in [4.69, 9.17) is 0 Å². The number of unbranched alkanes of at least 4 members (excludes halogenated alkanes) is 1. The standard InChI is InChI=1S/C16H27N3/c1-3-5-10-17-16-14(8-6-11-18-16)15-9-7-13-19(15)12-4-2/h6,8,11,15H,3-5,7,9-10,12-13H2,1-2H3,(H,17,18)/t15-/m0/s1. The Morgan fingerprint density at radius 3 is 3.05 bits per heavy atom. The smallest absolute Gasteiger partial charge is 0.130 e. The van der Waals surface area contributed by atoms with E-state index in [2.05, 4.69) is 41.2 Å². The second kappa shape index (κ2) is 7.49. The third-order valence-corrected chi connectivity index (χ3v) is 3.90. The first kappa shape index (κ1) is 14.3. The summed E-state index contributed by atoms with van der Waals surface area (Å²) >= 11 is 0. The second-order valence-electron chi connectivity index (χ2n) is 5.42. The molecule has 19 heavy (non-hydrogen) atoms. The van der Waals surface area contributed by atoms with Crippen molar-refractivity contribution >= 4 is 5.82 Å². The van der Waals surface area contributed by atoms with Crippen LogP contribution >= 0.6 is 0 Å². The number of nitrogens with zero attached hydrogens (tertiary/aromatic N) is 2. The highest BCUT2D eigenvalue weighted by Gasteiger charge is 2.27. The molecule has 1 aromatic heterocycles. The van der Waals surface area contributed by atoms with E-state index in [-0.39, 0.29) is 0 Å². The average Bonchev–Trinajstić information content (AvgIpc) is 2.88. The normalized spacial score (nSPS) is 19.8. The summed E-state index contributed by atoms with van der Waals surface area (Å²) in [6.07, 6.45) is 8.15. The molecule has 1 saturated heterocycles. The Kier molecular flexibility index (Phi) is 5.64. The van der Waals surface area contributed by atoms with E-state index in [1.807, 2.05) is 6.20 Å². The van der Waals surface area contributed by atoms with Gasteiger partial charge in [-0.15, -0.1) is 0 Å². The zero-order valence-electron chi connectivity index (χ0n) is 12.4. The molecular weight excluding hydrogens is 234 g/mol. The number of pyridine rings is 1. The van der Waals surface area contributed by atoms with Crippen molar-refractivity contribution in [2.45, 2.75) is 52.0 Å². The van der Waals surface area contributed by atoms with Crippen LogP contribution in [0.2, 0.25) is 0 Å². The Labute approximate surface area is 117 Å². The Bertz CT molecular complexity index is 378. The number of hydrogen-bond donors (Lipinski definition) is 1. The predicted molar refractivity (Wildman–Crippen MR) is 81.5 cm³/mol. The van der Waals surface area contributed by atoms with Crippen LogP contribution < -0.4 is 5.32 Å². The van der Waals surface area contributed by atoms with Crippen LogP contribution in [-0.2, 0) is 0 Å². The fraction of sp³-hybridized carbons (Fsp3) is 0.688. The van der Waals surface area contributed by atoms with Gasteiger partial charge in [0.05, 0.1) is 0 Å². The van der Waals surface area contributed by atoms with Crippen molar-refractivity contribution in [3.8, 4) is 0 Å². The van der Waals surface area contributed by atoms with Crippen LogP contribution in [0.5, 0.6) is 0 Å². The minimum absolute atomic E-state index is 0.567. The summed E-state index contributed by atoms with van der Waals surface area (Å²) in [5.41, 5.74) is 1.39. The van der Waals surface area contributed by atoms with Gasteiger partial charge >= 0.3 is 0 Å². The third kappa shape index (κ3) is 3.69. The van der Waals surface area contributed by atoms with Crippen molar-refractivity contribution in [3.05, 3.63) is 23.9 Å². The maximum absolute atomic E-state index is 4.55.